The Balaban J connectivity index is 2.31. The number of hydrogen-bond acceptors (Lipinski definition) is 4. The fraction of sp³-hybridized carbons (Fsp3) is 0.286. The van der Waals surface area contributed by atoms with E-state index in [0.29, 0.717) is 5.56 Å². The number of aliphatic carboxylic acids is 1. The van der Waals surface area contributed by atoms with E-state index in [0.717, 1.165) is 11.1 Å². The number of aryl methyl sites for hydroxylation is 2. The monoisotopic (exact) mass is 369 g/mol. The summed E-state index contributed by atoms with van der Waals surface area (Å²) in [6, 6.07) is 10.7. The average Bonchev–Trinajstić information content (AvgIpc) is 2.66. The van der Waals surface area contributed by atoms with Gasteiger partial charge in [0.1, 0.15) is 6.04 Å². The lowest BCUT2D eigenvalue weighted by Crippen LogP contribution is -2.42. The first-order valence-electron chi connectivity index (χ1n) is 8.58. The molecule has 2 aromatic rings. The fourth-order valence-corrected chi connectivity index (χ4v) is 2.65. The van der Waals surface area contributed by atoms with Gasteiger partial charge in [0.2, 0.25) is 0 Å². The molecule has 0 saturated carbocycles. The summed E-state index contributed by atoms with van der Waals surface area (Å²) in [5, 5.41) is 11.7. The molecule has 0 spiro atoms. The zero-order valence-electron chi connectivity index (χ0n) is 15.6. The number of amides is 1. The zero-order valence-corrected chi connectivity index (χ0v) is 15.6. The molecule has 142 valence electrons. The van der Waals surface area contributed by atoms with Crippen molar-refractivity contribution in [2.45, 2.75) is 26.3 Å². The minimum atomic E-state index is -1.15. The summed E-state index contributed by atoms with van der Waals surface area (Å²) in [4.78, 5) is 36.9. The first kappa shape index (κ1) is 20.3. The number of ketones is 1. The Labute approximate surface area is 158 Å². The van der Waals surface area contributed by atoms with Gasteiger partial charge in [0.25, 0.3) is 5.91 Å². The number of hydrogen-bond donors (Lipinski definition) is 2. The van der Waals surface area contributed by atoms with Crippen LogP contribution in [0.4, 0.5) is 0 Å². The predicted molar refractivity (Wildman–Crippen MR) is 101 cm³/mol. The van der Waals surface area contributed by atoms with Crippen LogP contribution in [0.3, 0.4) is 0 Å². The van der Waals surface area contributed by atoms with Crippen LogP contribution in [0.15, 0.2) is 42.5 Å². The van der Waals surface area contributed by atoms with Crippen molar-refractivity contribution >= 4 is 17.7 Å². The van der Waals surface area contributed by atoms with Crippen molar-refractivity contribution in [3.05, 3.63) is 70.3 Å². The molecule has 6 nitrogen and oxygen atoms in total. The predicted octanol–water partition coefficient (Wildman–Crippen LogP) is 2.75. The number of nitrogens with one attached hydrogen (secondary N) is 1. The van der Waals surface area contributed by atoms with Gasteiger partial charge in [-0.3, -0.25) is 9.59 Å². The van der Waals surface area contributed by atoms with E-state index >= 15 is 0 Å². The van der Waals surface area contributed by atoms with Gasteiger partial charge in [-0.05, 0) is 37.1 Å². The highest BCUT2D eigenvalue weighted by molar-refractivity contribution is 6.15. The summed E-state index contributed by atoms with van der Waals surface area (Å²) >= 11 is 0. The van der Waals surface area contributed by atoms with Crippen molar-refractivity contribution in [3.63, 3.8) is 0 Å². The maximum Gasteiger partial charge on any atom is 0.326 e. The van der Waals surface area contributed by atoms with Gasteiger partial charge in [-0.15, -0.1) is 0 Å². The summed E-state index contributed by atoms with van der Waals surface area (Å²) in [5.74, 6) is -2.04. The maximum atomic E-state index is 12.9. The Bertz CT molecular complexity index is 859. The molecule has 1 amide bonds. The summed E-state index contributed by atoms with van der Waals surface area (Å²) in [6.45, 7) is 4.06. The topological polar surface area (TPSA) is 92.7 Å². The highest BCUT2D eigenvalue weighted by Gasteiger charge is 2.23. The number of rotatable bonds is 8. The second kappa shape index (κ2) is 9.09. The van der Waals surface area contributed by atoms with Gasteiger partial charge in [0.15, 0.2) is 5.78 Å². The number of carboxylic acid groups (broad SMARTS) is 1. The third-order valence-electron chi connectivity index (χ3n) is 4.40. The minimum absolute atomic E-state index is 0.130. The number of carboxylic acids is 1. The molecule has 2 N–H and O–H groups in total. The Kier molecular flexibility index (Phi) is 6.85. The van der Waals surface area contributed by atoms with E-state index in [1.165, 1.54) is 13.2 Å². The van der Waals surface area contributed by atoms with Crippen LogP contribution in [-0.4, -0.2) is 42.5 Å². The molecular formula is C21H23NO5. The Morgan fingerprint density at radius 1 is 1.04 bits per heavy atom. The molecule has 0 aliphatic rings. The first-order valence-corrected chi connectivity index (χ1v) is 8.58. The molecule has 2 rings (SSSR count). The third-order valence-corrected chi connectivity index (χ3v) is 4.40. The van der Waals surface area contributed by atoms with Crippen molar-refractivity contribution < 1.29 is 24.2 Å². The van der Waals surface area contributed by atoms with Crippen LogP contribution in [0.25, 0.3) is 0 Å². The molecule has 0 aromatic heterocycles. The second-order valence-corrected chi connectivity index (χ2v) is 6.32. The van der Waals surface area contributed by atoms with Gasteiger partial charge in [-0.25, -0.2) is 4.79 Å². The summed E-state index contributed by atoms with van der Waals surface area (Å²) in [6.07, 6.45) is 0.130. The lowest BCUT2D eigenvalue weighted by Gasteiger charge is -2.15. The normalized spacial score (nSPS) is 11.7. The van der Waals surface area contributed by atoms with Crippen molar-refractivity contribution in [1.82, 2.24) is 5.32 Å². The molecule has 0 radical (unpaired) electrons. The van der Waals surface area contributed by atoms with Crippen molar-refractivity contribution in [1.29, 1.82) is 0 Å². The standard InChI is InChI=1S/C21H23NO5/c1-13-8-9-15(12-14(13)2)19(23)16-6-4-5-7-17(16)20(24)22-18(21(25)26)10-11-27-3/h4-9,12,18H,10-11H2,1-3H3,(H,22,24)(H,25,26). The van der Waals surface area contributed by atoms with Gasteiger partial charge in [0, 0.05) is 31.3 Å². The lowest BCUT2D eigenvalue weighted by atomic mass is 9.95. The first-order chi connectivity index (χ1) is 12.8. The molecule has 1 unspecified atom stereocenters. The third kappa shape index (κ3) is 5.01. The second-order valence-electron chi connectivity index (χ2n) is 6.32. The smallest absolute Gasteiger partial charge is 0.326 e. The van der Waals surface area contributed by atoms with Crippen LogP contribution >= 0.6 is 0 Å². The molecular weight excluding hydrogens is 346 g/mol. The highest BCUT2D eigenvalue weighted by atomic mass is 16.5. The molecule has 0 saturated heterocycles. The van der Waals surface area contributed by atoms with Crippen molar-refractivity contribution in [3.8, 4) is 0 Å². The molecule has 0 aliphatic heterocycles. The van der Waals surface area contributed by atoms with E-state index in [1.807, 2.05) is 19.9 Å². The van der Waals surface area contributed by atoms with Crippen LogP contribution in [0, 0.1) is 13.8 Å². The minimum Gasteiger partial charge on any atom is -0.480 e. The van der Waals surface area contributed by atoms with Crippen molar-refractivity contribution in [2.24, 2.45) is 0 Å². The summed E-state index contributed by atoms with van der Waals surface area (Å²) < 4.78 is 4.88. The van der Waals surface area contributed by atoms with E-state index < -0.39 is 17.9 Å². The number of carbonyl (C=O) groups is 3. The molecule has 0 aliphatic carbocycles. The zero-order chi connectivity index (χ0) is 20.0. The molecule has 27 heavy (non-hydrogen) atoms. The average molecular weight is 369 g/mol. The fourth-order valence-electron chi connectivity index (χ4n) is 2.65. The molecule has 2 aromatic carbocycles. The number of benzene rings is 2. The largest absolute Gasteiger partial charge is 0.480 e. The number of ether oxygens (including phenoxy) is 1. The highest BCUT2D eigenvalue weighted by Crippen LogP contribution is 2.18. The van der Waals surface area contributed by atoms with Crippen molar-refractivity contribution in [2.75, 3.05) is 13.7 Å². The lowest BCUT2D eigenvalue weighted by molar-refractivity contribution is -0.139. The molecule has 6 heteroatoms. The SMILES string of the molecule is COCCC(NC(=O)c1ccccc1C(=O)c1ccc(C)c(C)c1)C(=O)O. The van der Waals surface area contributed by atoms with Crippen LogP contribution in [0.5, 0.6) is 0 Å². The van der Waals surface area contributed by atoms with Gasteiger partial charge in [0.05, 0.1) is 5.56 Å². The van der Waals surface area contributed by atoms with E-state index in [4.69, 9.17) is 4.74 Å². The number of carbonyl (C=O) groups excluding carboxylic acids is 2. The van der Waals surface area contributed by atoms with Crippen LogP contribution in [-0.2, 0) is 9.53 Å². The maximum absolute atomic E-state index is 12.9. The van der Waals surface area contributed by atoms with Crippen LogP contribution in [0.1, 0.15) is 43.8 Å². The van der Waals surface area contributed by atoms with E-state index in [2.05, 4.69) is 5.32 Å². The van der Waals surface area contributed by atoms with Gasteiger partial charge >= 0.3 is 5.97 Å². The molecule has 0 bridgehead atoms. The van der Waals surface area contributed by atoms with Crippen LogP contribution < -0.4 is 5.32 Å². The molecule has 0 heterocycles. The Hall–Kier alpha value is -2.99. The van der Waals surface area contributed by atoms with Crippen LogP contribution in [0.2, 0.25) is 0 Å². The van der Waals surface area contributed by atoms with E-state index in [1.54, 1.807) is 30.3 Å². The quantitative estimate of drug-likeness (QED) is 0.698. The number of methoxy groups -OCH3 is 1. The molecule has 1 atom stereocenters. The van der Waals surface area contributed by atoms with Gasteiger partial charge in [-0.2, -0.15) is 0 Å². The van der Waals surface area contributed by atoms with Gasteiger partial charge < -0.3 is 15.2 Å². The Morgan fingerprint density at radius 2 is 1.70 bits per heavy atom. The molecule has 0 fully saturated rings. The summed E-state index contributed by atoms with van der Waals surface area (Å²) in [5.41, 5.74) is 2.90. The van der Waals surface area contributed by atoms with Gasteiger partial charge in [-0.1, -0.05) is 30.3 Å². The van der Waals surface area contributed by atoms with E-state index in [-0.39, 0.29) is 29.9 Å². The Morgan fingerprint density at radius 3 is 2.30 bits per heavy atom. The summed E-state index contributed by atoms with van der Waals surface area (Å²) in [7, 11) is 1.46. The van der Waals surface area contributed by atoms with E-state index in [9.17, 15) is 19.5 Å².